The average molecular weight is 470 g/mol. The number of fused-ring (bicyclic) bond motifs is 1. The Morgan fingerprint density at radius 3 is 2.58 bits per heavy atom. The summed E-state index contributed by atoms with van der Waals surface area (Å²) in [6, 6.07) is 10.3. The minimum Gasteiger partial charge on any atom is -0.493 e. The zero-order valence-corrected chi connectivity index (χ0v) is 19.2. The molecule has 172 valence electrons. The Morgan fingerprint density at radius 1 is 1.03 bits per heavy atom. The zero-order valence-electron chi connectivity index (χ0n) is 18.4. The normalized spacial score (nSPS) is 11.7. The van der Waals surface area contributed by atoms with Gasteiger partial charge in [0.1, 0.15) is 10.6 Å². The number of hydrogen-bond acceptors (Lipinski definition) is 8. The number of ether oxygens (including phenoxy) is 5. The predicted molar refractivity (Wildman–Crippen MR) is 124 cm³/mol. The van der Waals surface area contributed by atoms with Crippen LogP contribution in [0.3, 0.4) is 0 Å². The Balaban J connectivity index is 1.69. The Bertz CT molecular complexity index is 1190. The number of anilines is 1. The van der Waals surface area contributed by atoms with Gasteiger partial charge >= 0.3 is 5.97 Å². The lowest BCUT2D eigenvalue weighted by atomic mass is 10.0. The highest BCUT2D eigenvalue weighted by molar-refractivity contribution is 7.15. The summed E-state index contributed by atoms with van der Waals surface area (Å²) in [5, 5.41) is 5.04. The van der Waals surface area contributed by atoms with Gasteiger partial charge in [-0.15, -0.1) is 11.3 Å². The number of nitrogens with one attached hydrogen (secondary N) is 1. The Morgan fingerprint density at radius 2 is 1.82 bits per heavy atom. The van der Waals surface area contributed by atoms with E-state index in [0.717, 1.165) is 5.56 Å². The molecule has 1 aliphatic heterocycles. The molecule has 8 nitrogen and oxygen atoms in total. The summed E-state index contributed by atoms with van der Waals surface area (Å²) in [5.74, 6) is 1.30. The van der Waals surface area contributed by atoms with Crippen molar-refractivity contribution in [2.45, 2.75) is 13.3 Å². The van der Waals surface area contributed by atoms with Crippen LogP contribution in [0.2, 0.25) is 0 Å². The van der Waals surface area contributed by atoms with Gasteiger partial charge in [-0.25, -0.2) is 4.79 Å². The topological polar surface area (TPSA) is 92.3 Å². The van der Waals surface area contributed by atoms with Crippen LogP contribution in [0.1, 0.15) is 34.1 Å². The number of hydrogen-bond donors (Lipinski definition) is 1. The third-order valence-electron chi connectivity index (χ3n) is 4.99. The second-order valence-electron chi connectivity index (χ2n) is 7.08. The molecule has 1 N–H and O–H groups in total. The molecule has 3 aromatic rings. The molecule has 0 bridgehead atoms. The highest BCUT2D eigenvalue weighted by Crippen LogP contribution is 2.40. The van der Waals surface area contributed by atoms with E-state index in [1.807, 2.05) is 13.0 Å². The van der Waals surface area contributed by atoms with Gasteiger partial charge in [0.2, 0.25) is 6.79 Å². The van der Waals surface area contributed by atoms with Gasteiger partial charge in [-0.1, -0.05) is 13.0 Å². The van der Waals surface area contributed by atoms with Gasteiger partial charge in [-0.3, -0.25) is 4.79 Å². The zero-order chi connectivity index (χ0) is 23.4. The van der Waals surface area contributed by atoms with Gasteiger partial charge in [0.05, 0.1) is 20.8 Å². The van der Waals surface area contributed by atoms with Crippen molar-refractivity contribution in [2.24, 2.45) is 0 Å². The first-order valence-corrected chi connectivity index (χ1v) is 11.2. The summed E-state index contributed by atoms with van der Waals surface area (Å²) in [5.41, 5.74) is 2.03. The molecule has 33 heavy (non-hydrogen) atoms. The van der Waals surface area contributed by atoms with Gasteiger partial charge in [0, 0.05) is 16.5 Å². The van der Waals surface area contributed by atoms with E-state index in [2.05, 4.69) is 5.32 Å². The Kier molecular flexibility index (Phi) is 6.69. The van der Waals surface area contributed by atoms with Gasteiger partial charge < -0.3 is 29.0 Å². The largest absolute Gasteiger partial charge is 0.493 e. The molecule has 0 saturated carbocycles. The fraction of sp³-hybridized carbons (Fsp3) is 0.250. The molecule has 0 unspecified atom stereocenters. The van der Waals surface area contributed by atoms with E-state index in [4.69, 9.17) is 23.7 Å². The lowest BCUT2D eigenvalue weighted by Crippen LogP contribution is -2.15. The average Bonchev–Trinajstić information content (AvgIpc) is 3.48. The third-order valence-corrected chi connectivity index (χ3v) is 5.88. The van der Waals surface area contributed by atoms with Crippen LogP contribution in [0.25, 0.3) is 11.1 Å². The van der Waals surface area contributed by atoms with E-state index in [9.17, 15) is 9.59 Å². The number of esters is 1. The smallest absolute Gasteiger partial charge is 0.341 e. The molecule has 0 atom stereocenters. The van der Waals surface area contributed by atoms with Crippen LogP contribution in [0.15, 0.2) is 41.8 Å². The quantitative estimate of drug-likeness (QED) is 0.465. The number of carbonyl (C=O) groups is 2. The molecule has 9 heteroatoms. The predicted octanol–water partition coefficient (Wildman–Crippen LogP) is 4.98. The summed E-state index contributed by atoms with van der Waals surface area (Å²) < 4.78 is 26.8. The molecule has 0 saturated heterocycles. The highest BCUT2D eigenvalue weighted by atomic mass is 32.1. The molecule has 1 aromatic heterocycles. The summed E-state index contributed by atoms with van der Waals surface area (Å²) in [7, 11) is 3.10. The minimum absolute atomic E-state index is 0.118. The van der Waals surface area contributed by atoms with Gasteiger partial charge in [0.25, 0.3) is 5.91 Å². The van der Waals surface area contributed by atoms with E-state index in [1.165, 1.54) is 11.3 Å². The highest BCUT2D eigenvalue weighted by Gasteiger charge is 2.25. The lowest BCUT2D eigenvalue weighted by Gasteiger charge is -2.12. The fourth-order valence-corrected chi connectivity index (χ4v) is 4.30. The molecule has 2 aromatic carbocycles. The third kappa shape index (κ3) is 4.58. The summed E-state index contributed by atoms with van der Waals surface area (Å²) in [6.45, 7) is 2.31. The lowest BCUT2D eigenvalue weighted by molar-refractivity contribution is 0.0507. The van der Waals surface area contributed by atoms with E-state index in [1.54, 1.807) is 49.9 Å². The van der Waals surface area contributed by atoms with Gasteiger partial charge in [0.15, 0.2) is 23.0 Å². The van der Waals surface area contributed by atoms with E-state index in [0.29, 0.717) is 45.5 Å². The molecular weight excluding hydrogens is 446 g/mol. The molecular formula is C24H23NO7S. The summed E-state index contributed by atoms with van der Waals surface area (Å²) in [4.78, 5) is 25.9. The van der Waals surface area contributed by atoms with Crippen molar-refractivity contribution >= 4 is 28.2 Å². The second kappa shape index (κ2) is 9.83. The minimum atomic E-state index is -0.510. The molecule has 0 fully saturated rings. The Labute approximate surface area is 195 Å². The standard InChI is InChI=1S/C24H23NO7S/c1-4-9-30-24(27)21-16(14-5-7-17(28-2)19(10-14)29-3)12-33-23(21)25-22(26)15-6-8-18-20(11-15)32-13-31-18/h5-8,10-12H,4,9,13H2,1-3H3,(H,25,26). The number of benzene rings is 2. The van der Waals surface area contributed by atoms with Gasteiger partial charge in [-0.2, -0.15) is 0 Å². The van der Waals surface area contributed by atoms with Crippen LogP contribution in [0.5, 0.6) is 23.0 Å². The second-order valence-corrected chi connectivity index (χ2v) is 7.96. The first-order chi connectivity index (χ1) is 16.0. The van der Waals surface area contributed by atoms with E-state index >= 15 is 0 Å². The number of amides is 1. The molecule has 0 radical (unpaired) electrons. The van der Waals surface area contributed by atoms with Crippen LogP contribution in [0, 0.1) is 0 Å². The van der Waals surface area contributed by atoms with Crippen LogP contribution in [-0.4, -0.2) is 39.5 Å². The molecule has 0 aliphatic carbocycles. The van der Waals surface area contributed by atoms with Crippen molar-refractivity contribution in [1.29, 1.82) is 0 Å². The maximum absolute atomic E-state index is 13.0. The SMILES string of the molecule is CCCOC(=O)c1c(-c2ccc(OC)c(OC)c2)csc1NC(=O)c1ccc2c(c1)OCO2. The number of carbonyl (C=O) groups excluding carboxylic acids is 2. The first-order valence-electron chi connectivity index (χ1n) is 10.3. The van der Waals surface area contributed by atoms with Crippen molar-refractivity contribution in [2.75, 3.05) is 32.9 Å². The van der Waals surface area contributed by atoms with Gasteiger partial charge in [-0.05, 0) is 42.3 Å². The molecule has 1 amide bonds. The van der Waals surface area contributed by atoms with Crippen LogP contribution in [0.4, 0.5) is 5.00 Å². The molecule has 1 aliphatic rings. The number of thiophene rings is 1. The summed E-state index contributed by atoms with van der Waals surface area (Å²) in [6.07, 6.45) is 0.681. The maximum Gasteiger partial charge on any atom is 0.341 e. The van der Waals surface area contributed by atoms with Crippen molar-refractivity contribution in [3.8, 4) is 34.1 Å². The number of methoxy groups -OCH3 is 2. The fourth-order valence-electron chi connectivity index (χ4n) is 3.35. The van der Waals surface area contributed by atoms with Crippen LogP contribution in [-0.2, 0) is 4.74 Å². The molecule has 2 heterocycles. The first kappa shape index (κ1) is 22.5. The maximum atomic E-state index is 13.0. The van der Waals surface area contributed by atoms with Crippen molar-refractivity contribution in [1.82, 2.24) is 0 Å². The van der Waals surface area contributed by atoms with Crippen LogP contribution < -0.4 is 24.3 Å². The monoisotopic (exact) mass is 469 g/mol. The molecule has 0 spiro atoms. The number of rotatable bonds is 8. The van der Waals surface area contributed by atoms with Crippen molar-refractivity contribution in [3.05, 3.63) is 52.9 Å². The van der Waals surface area contributed by atoms with Crippen molar-refractivity contribution in [3.63, 3.8) is 0 Å². The van der Waals surface area contributed by atoms with E-state index in [-0.39, 0.29) is 24.9 Å². The Hall–Kier alpha value is -3.72. The van der Waals surface area contributed by atoms with Crippen molar-refractivity contribution < 1.29 is 33.3 Å². The van der Waals surface area contributed by atoms with E-state index < -0.39 is 5.97 Å². The summed E-state index contributed by atoms with van der Waals surface area (Å²) >= 11 is 1.24. The van der Waals surface area contributed by atoms with Crippen LogP contribution >= 0.6 is 11.3 Å². The molecule has 4 rings (SSSR count).